The third-order valence-corrected chi connectivity index (χ3v) is 6.85. The van der Waals surface area contributed by atoms with Gasteiger partial charge in [-0.3, -0.25) is 14.4 Å². The van der Waals surface area contributed by atoms with Gasteiger partial charge in [-0.1, -0.05) is 118 Å². The fourth-order valence-corrected chi connectivity index (χ4v) is 4.20. The highest BCUT2D eigenvalue weighted by Crippen LogP contribution is 2.08. The molecule has 0 aliphatic carbocycles. The van der Waals surface area contributed by atoms with Gasteiger partial charge < -0.3 is 14.2 Å². The second kappa shape index (κ2) is 36.2. The van der Waals surface area contributed by atoms with Crippen molar-refractivity contribution in [1.82, 2.24) is 0 Å². The van der Waals surface area contributed by atoms with Crippen molar-refractivity contribution < 1.29 is 28.6 Å². The number of hydrogen-bond donors (Lipinski definition) is 0. The van der Waals surface area contributed by atoms with E-state index in [9.17, 15) is 14.4 Å². The molecule has 0 aromatic rings. The van der Waals surface area contributed by atoms with Crippen molar-refractivity contribution >= 4 is 17.9 Å². The molecule has 0 N–H and O–H groups in total. The molecular formula is C42H64O6. The summed E-state index contributed by atoms with van der Waals surface area (Å²) in [5.41, 5.74) is 0. The summed E-state index contributed by atoms with van der Waals surface area (Å²) in [6.45, 7) is 6.05. The summed E-state index contributed by atoms with van der Waals surface area (Å²) in [5.74, 6) is -1.17. The first kappa shape index (κ1) is 44.3. The Kier molecular flexibility index (Phi) is 33.4. The van der Waals surface area contributed by atoms with E-state index >= 15 is 0 Å². The summed E-state index contributed by atoms with van der Waals surface area (Å²) >= 11 is 0. The smallest absolute Gasteiger partial charge is 0.310 e. The van der Waals surface area contributed by atoms with E-state index in [1.54, 1.807) is 6.08 Å². The average molecular weight is 665 g/mol. The Morgan fingerprint density at radius 2 is 0.792 bits per heavy atom. The molecule has 268 valence electrons. The third-order valence-electron chi connectivity index (χ3n) is 6.85. The van der Waals surface area contributed by atoms with Gasteiger partial charge in [0.1, 0.15) is 13.2 Å². The number of ether oxygens (including phenoxy) is 3. The molecule has 0 saturated carbocycles. The second-order valence-corrected chi connectivity index (χ2v) is 11.3. The Morgan fingerprint density at radius 1 is 0.438 bits per heavy atom. The topological polar surface area (TPSA) is 78.9 Å². The van der Waals surface area contributed by atoms with Crippen LogP contribution in [0, 0.1) is 0 Å². The Balaban J connectivity index is 4.60. The van der Waals surface area contributed by atoms with Gasteiger partial charge in [0.05, 0.1) is 6.42 Å². The van der Waals surface area contributed by atoms with Gasteiger partial charge in [0, 0.05) is 12.8 Å². The van der Waals surface area contributed by atoms with Gasteiger partial charge in [-0.25, -0.2) is 0 Å². The number of esters is 3. The van der Waals surface area contributed by atoms with Gasteiger partial charge in [0.25, 0.3) is 0 Å². The van der Waals surface area contributed by atoms with Gasteiger partial charge in [-0.05, 0) is 89.9 Å². The summed E-state index contributed by atoms with van der Waals surface area (Å²) in [4.78, 5) is 37.2. The van der Waals surface area contributed by atoms with Gasteiger partial charge in [0.15, 0.2) is 6.10 Å². The SMILES string of the molecule is CC/C=C\C/C=C\C/C=C\CCCCC(=O)OCC(COC(=O)CCCC/C=C\C/C=C\CC)OC(=O)C/C=C\C/C=C\C/C=C\CC. The molecule has 0 spiro atoms. The summed E-state index contributed by atoms with van der Waals surface area (Å²) in [5, 5.41) is 0. The van der Waals surface area contributed by atoms with Crippen LogP contribution in [0.5, 0.6) is 0 Å². The standard InChI is InChI=1S/C42H64O6/c1-4-7-10-13-16-19-20-21-24-26-29-32-35-41(44)47-38-39(48-42(45)36-33-30-27-23-18-15-12-9-6-3)37-46-40(43)34-31-28-25-22-17-14-11-8-5-2/h7-12,16-19,21-24,30,33,39H,4-6,13-15,20,25-29,31-32,34-38H2,1-3H3/b10-7-,11-8-,12-9-,19-16-,22-17-,23-18-,24-21-,33-30-. The van der Waals surface area contributed by atoms with Crippen molar-refractivity contribution in [3.8, 4) is 0 Å². The van der Waals surface area contributed by atoms with E-state index in [1.165, 1.54) is 0 Å². The monoisotopic (exact) mass is 664 g/mol. The number of carbonyl (C=O) groups excluding carboxylic acids is 3. The maximum absolute atomic E-state index is 12.5. The van der Waals surface area contributed by atoms with Crippen LogP contribution in [0.1, 0.15) is 130 Å². The normalized spacial score (nSPS) is 13.1. The molecular weight excluding hydrogens is 600 g/mol. The van der Waals surface area contributed by atoms with Gasteiger partial charge in [0.2, 0.25) is 0 Å². The van der Waals surface area contributed by atoms with Crippen molar-refractivity contribution in [2.24, 2.45) is 0 Å². The van der Waals surface area contributed by atoms with Gasteiger partial charge in [-0.15, -0.1) is 0 Å². The molecule has 0 aliphatic rings. The Hall–Kier alpha value is -3.67. The molecule has 0 fully saturated rings. The molecule has 0 radical (unpaired) electrons. The number of unbranched alkanes of at least 4 members (excludes halogenated alkanes) is 4. The predicted octanol–water partition coefficient (Wildman–Crippen LogP) is 11.1. The lowest BCUT2D eigenvalue weighted by Gasteiger charge is -2.18. The van der Waals surface area contributed by atoms with E-state index in [-0.39, 0.29) is 44.4 Å². The van der Waals surface area contributed by atoms with Crippen LogP contribution in [0.4, 0.5) is 0 Å². The molecule has 0 aromatic heterocycles. The maximum atomic E-state index is 12.5. The lowest BCUT2D eigenvalue weighted by atomic mass is 10.2. The van der Waals surface area contributed by atoms with Crippen molar-refractivity contribution in [2.45, 2.75) is 136 Å². The van der Waals surface area contributed by atoms with Crippen molar-refractivity contribution in [2.75, 3.05) is 13.2 Å². The number of hydrogen-bond acceptors (Lipinski definition) is 6. The third kappa shape index (κ3) is 33.7. The minimum atomic E-state index is -0.850. The highest BCUT2D eigenvalue weighted by Gasteiger charge is 2.19. The zero-order chi connectivity index (χ0) is 35.2. The molecule has 1 atom stereocenters. The highest BCUT2D eigenvalue weighted by atomic mass is 16.6. The number of carbonyl (C=O) groups is 3. The summed E-state index contributed by atoms with van der Waals surface area (Å²) in [6.07, 6.45) is 45.9. The summed E-state index contributed by atoms with van der Waals surface area (Å²) in [6, 6.07) is 0. The van der Waals surface area contributed by atoms with Crippen LogP contribution in [-0.4, -0.2) is 37.2 Å². The quantitative estimate of drug-likeness (QED) is 0.0329. The zero-order valence-corrected chi connectivity index (χ0v) is 30.2. The largest absolute Gasteiger partial charge is 0.462 e. The minimum absolute atomic E-state index is 0.0862. The molecule has 0 heterocycles. The molecule has 1 unspecified atom stereocenters. The average Bonchev–Trinajstić information content (AvgIpc) is 3.08. The van der Waals surface area contributed by atoms with Crippen LogP contribution in [-0.2, 0) is 28.6 Å². The van der Waals surface area contributed by atoms with Crippen LogP contribution in [0.2, 0.25) is 0 Å². The summed E-state index contributed by atoms with van der Waals surface area (Å²) < 4.78 is 16.3. The second-order valence-electron chi connectivity index (χ2n) is 11.3. The predicted molar refractivity (Wildman–Crippen MR) is 200 cm³/mol. The first-order chi connectivity index (χ1) is 23.5. The van der Waals surface area contributed by atoms with Crippen LogP contribution >= 0.6 is 0 Å². The van der Waals surface area contributed by atoms with Crippen LogP contribution in [0.25, 0.3) is 0 Å². The molecule has 0 amide bonds. The molecule has 6 nitrogen and oxygen atoms in total. The first-order valence-electron chi connectivity index (χ1n) is 18.2. The van der Waals surface area contributed by atoms with E-state index in [2.05, 4.69) is 99.8 Å². The van der Waals surface area contributed by atoms with Crippen molar-refractivity contribution in [3.63, 3.8) is 0 Å². The molecule has 0 aliphatic heterocycles. The molecule has 0 aromatic carbocycles. The van der Waals surface area contributed by atoms with Gasteiger partial charge in [-0.2, -0.15) is 0 Å². The van der Waals surface area contributed by atoms with E-state index in [1.807, 2.05) is 12.2 Å². The van der Waals surface area contributed by atoms with Crippen molar-refractivity contribution in [1.29, 1.82) is 0 Å². The van der Waals surface area contributed by atoms with E-state index < -0.39 is 12.1 Å². The first-order valence-corrected chi connectivity index (χ1v) is 18.2. The zero-order valence-electron chi connectivity index (χ0n) is 30.2. The molecule has 0 rings (SSSR count). The molecule has 0 saturated heterocycles. The fraction of sp³-hybridized carbons (Fsp3) is 0.548. The fourth-order valence-electron chi connectivity index (χ4n) is 4.20. The van der Waals surface area contributed by atoms with E-state index in [0.29, 0.717) is 12.8 Å². The van der Waals surface area contributed by atoms with Crippen molar-refractivity contribution in [3.05, 3.63) is 97.2 Å². The molecule has 48 heavy (non-hydrogen) atoms. The van der Waals surface area contributed by atoms with Crippen LogP contribution in [0.15, 0.2) is 97.2 Å². The van der Waals surface area contributed by atoms with Crippen LogP contribution in [0.3, 0.4) is 0 Å². The number of allylic oxidation sites excluding steroid dienone is 15. The molecule has 0 bridgehead atoms. The Bertz CT molecular complexity index is 1040. The number of rotatable bonds is 30. The minimum Gasteiger partial charge on any atom is -0.462 e. The van der Waals surface area contributed by atoms with E-state index in [4.69, 9.17) is 14.2 Å². The summed E-state index contributed by atoms with van der Waals surface area (Å²) in [7, 11) is 0. The Morgan fingerprint density at radius 3 is 1.19 bits per heavy atom. The van der Waals surface area contributed by atoms with Crippen LogP contribution < -0.4 is 0 Å². The van der Waals surface area contributed by atoms with E-state index in [0.717, 1.165) is 77.0 Å². The lowest BCUT2D eigenvalue weighted by Crippen LogP contribution is -2.30. The Labute approximate surface area is 292 Å². The lowest BCUT2D eigenvalue weighted by molar-refractivity contribution is -0.166. The molecule has 6 heteroatoms. The highest BCUT2D eigenvalue weighted by molar-refractivity contribution is 5.72. The van der Waals surface area contributed by atoms with Gasteiger partial charge >= 0.3 is 17.9 Å². The maximum Gasteiger partial charge on any atom is 0.310 e.